The summed E-state index contributed by atoms with van der Waals surface area (Å²) in [5.74, 6) is -0.0308. The molecule has 0 aromatic heterocycles. The van der Waals surface area contributed by atoms with E-state index < -0.39 is 21.6 Å². The maximum atomic E-state index is 12.9. The number of ketones is 1. The summed E-state index contributed by atoms with van der Waals surface area (Å²) in [7, 11) is -3.94. The second-order valence-electron chi connectivity index (χ2n) is 5.76. The van der Waals surface area contributed by atoms with Crippen molar-refractivity contribution in [3.63, 3.8) is 0 Å². The highest BCUT2D eigenvalue weighted by atomic mass is 32.2. The average Bonchev–Trinajstić information content (AvgIpc) is 3.11. The number of fused-ring (bicyclic) bond motifs is 2. The molecule has 4 rings (SSSR count). The Bertz CT molecular complexity index is 1060. The standard InChI is InChI=1S/C18H15NO6S/c1-2-19-16(17(20)11-7-8-13-14(9-11)25-10-24-13)18(21)12-5-3-4-6-15(12)26(19,22)23/h3-9,20H,2,10H2,1H3. The summed E-state index contributed by atoms with van der Waals surface area (Å²) in [5.41, 5.74) is 0.0372. The fourth-order valence-corrected chi connectivity index (χ4v) is 4.77. The number of carbonyl (C=O) groups is 1. The monoisotopic (exact) mass is 373 g/mol. The van der Waals surface area contributed by atoms with Crippen molar-refractivity contribution in [2.24, 2.45) is 0 Å². The lowest BCUT2D eigenvalue weighted by atomic mass is 10.0. The van der Waals surface area contributed by atoms with Crippen molar-refractivity contribution in [3.05, 3.63) is 59.3 Å². The maximum Gasteiger partial charge on any atom is 0.265 e. The molecule has 0 amide bonds. The van der Waals surface area contributed by atoms with Gasteiger partial charge in [0.2, 0.25) is 12.6 Å². The van der Waals surface area contributed by atoms with E-state index in [1.807, 2.05) is 0 Å². The summed E-state index contributed by atoms with van der Waals surface area (Å²) in [4.78, 5) is 12.9. The fraction of sp³-hybridized carbons (Fsp3) is 0.167. The number of hydrogen-bond donors (Lipinski definition) is 1. The van der Waals surface area contributed by atoms with Gasteiger partial charge in [0.25, 0.3) is 10.0 Å². The third-order valence-electron chi connectivity index (χ3n) is 4.32. The van der Waals surface area contributed by atoms with E-state index in [2.05, 4.69) is 0 Å². The number of hydrogen-bond acceptors (Lipinski definition) is 6. The molecule has 1 N–H and O–H groups in total. The Morgan fingerprint density at radius 3 is 2.65 bits per heavy atom. The minimum absolute atomic E-state index is 0.00630. The number of sulfonamides is 1. The zero-order chi connectivity index (χ0) is 18.5. The maximum absolute atomic E-state index is 12.9. The number of nitrogens with zero attached hydrogens (tertiary/aromatic N) is 1. The van der Waals surface area contributed by atoms with Crippen LogP contribution in [-0.4, -0.2) is 37.0 Å². The molecule has 0 radical (unpaired) electrons. The van der Waals surface area contributed by atoms with Gasteiger partial charge in [0.1, 0.15) is 5.70 Å². The molecular weight excluding hydrogens is 358 g/mol. The van der Waals surface area contributed by atoms with Gasteiger partial charge in [-0.05, 0) is 37.3 Å². The van der Waals surface area contributed by atoms with Crippen molar-refractivity contribution in [2.45, 2.75) is 11.8 Å². The molecule has 2 heterocycles. The Labute approximate surface area is 150 Å². The fourth-order valence-electron chi connectivity index (χ4n) is 3.09. The van der Waals surface area contributed by atoms with Gasteiger partial charge in [-0.2, -0.15) is 0 Å². The van der Waals surface area contributed by atoms with Crippen LogP contribution in [0.5, 0.6) is 11.5 Å². The van der Waals surface area contributed by atoms with Gasteiger partial charge in [-0.15, -0.1) is 0 Å². The predicted molar refractivity (Wildman–Crippen MR) is 92.5 cm³/mol. The number of ether oxygens (including phenoxy) is 2. The van der Waals surface area contributed by atoms with E-state index in [0.717, 1.165) is 4.31 Å². The second-order valence-corrected chi connectivity index (χ2v) is 7.59. The molecule has 0 bridgehead atoms. The lowest BCUT2D eigenvalue weighted by Crippen LogP contribution is -2.39. The highest BCUT2D eigenvalue weighted by Crippen LogP contribution is 2.38. The lowest BCUT2D eigenvalue weighted by molar-refractivity contribution is 0.0999. The van der Waals surface area contributed by atoms with Crippen molar-refractivity contribution in [1.82, 2.24) is 4.31 Å². The van der Waals surface area contributed by atoms with E-state index >= 15 is 0 Å². The minimum atomic E-state index is -3.94. The molecule has 0 spiro atoms. The minimum Gasteiger partial charge on any atom is -0.505 e. The van der Waals surface area contributed by atoms with Crippen LogP contribution in [0.3, 0.4) is 0 Å². The molecule has 26 heavy (non-hydrogen) atoms. The normalized spacial score (nSPS) is 19.3. The molecule has 0 fully saturated rings. The quantitative estimate of drug-likeness (QED) is 0.642. The summed E-state index contributed by atoms with van der Waals surface area (Å²) >= 11 is 0. The predicted octanol–water partition coefficient (Wildman–Crippen LogP) is 2.55. The first-order valence-electron chi connectivity index (χ1n) is 7.95. The van der Waals surface area contributed by atoms with Crippen molar-refractivity contribution in [1.29, 1.82) is 0 Å². The largest absolute Gasteiger partial charge is 0.505 e. The first-order chi connectivity index (χ1) is 12.4. The third-order valence-corrected chi connectivity index (χ3v) is 6.25. The molecule has 2 aromatic rings. The van der Waals surface area contributed by atoms with Gasteiger partial charge in [-0.25, -0.2) is 8.42 Å². The molecule has 0 saturated heterocycles. The highest BCUT2D eigenvalue weighted by Gasteiger charge is 2.40. The molecular formula is C18H15NO6S. The van der Waals surface area contributed by atoms with Crippen molar-refractivity contribution in [2.75, 3.05) is 13.3 Å². The van der Waals surface area contributed by atoms with Crippen molar-refractivity contribution >= 4 is 21.6 Å². The zero-order valence-corrected chi connectivity index (χ0v) is 14.6. The molecule has 8 heteroatoms. The summed E-state index contributed by atoms with van der Waals surface area (Å²) in [5, 5.41) is 10.8. The van der Waals surface area contributed by atoms with Crippen LogP contribution in [0.15, 0.2) is 53.1 Å². The van der Waals surface area contributed by atoms with Crippen molar-refractivity contribution in [3.8, 4) is 11.5 Å². The molecule has 0 aliphatic carbocycles. The Morgan fingerprint density at radius 1 is 1.15 bits per heavy atom. The summed E-state index contributed by atoms with van der Waals surface area (Å²) in [6.07, 6.45) is 0. The first kappa shape index (κ1) is 16.5. The van der Waals surface area contributed by atoms with E-state index in [1.54, 1.807) is 31.2 Å². The van der Waals surface area contributed by atoms with Gasteiger partial charge < -0.3 is 14.6 Å². The van der Waals surface area contributed by atoms with Crippen LogP contribution in [-0.2, 0) is 10.0 Å². The van der Waals surface area contributed by atoms with Gasteiger partial charge in [0, 0.05) is 17.7 Å². The molecule has 0 saturated carbocycles. The summed E-state index contributed by atoms with van der Waals surface area (Å²) in [6, 6.07) is 10.6. The molecule has 2 aromatic carbocycles. The van der Waals surface area contributed by atoms with E-state index in [-0.39, 0.29) is 35.1 Å². The van der Waals surface area contributed by atoms with Gasteiger partial charge in [-0.3, -0.25) is 9.10 Å². The highest BCUT2D eigenvalue weighted by molar-refractivity contribution is 7.89. The third kappa shape index (κ3) is 2.26. The van der Waals surface area contributed by atoms with E-state index in [9.17, 15) is 18.3 Å². The van der Waals surface area contributed by atoms with Crippen LogP contribution in [0.2, 0.25) is 0 Å². The van der Waals surface area contributed by atoms with Crippen LogP contribution in [0.25, 0.3) is 5.76 Å². The van der Waals surface area contributed by atoms with E-state index in [4.69, 9.17) is 9.47 Å². The van der Waals surface area contributed by atoms with Crippen LogP contribution in [0.1, 0.15) is 22.8 Å². The molecule has 2 aliphatic heterocycles. The number of rotatable bonds is 2. The topological polar surface area (TPSA) is 93.1 Å². The van der Waals surface area contributed by atoms with E-state index in [1.165, 1.54) is 18.2 Å². The van der Waals surface area contributed by atoms with E-state index in [0.29, 0.717) is 11.5 Å². The number of carbonyl (C=O) groups excluding carboxylic acids is 1. The van der Waals surface area contributed by atoms with Gasteiger partial charge in [-0.1, -0.05) is 12.1 Å². The number of benzene rings is 2. The van der Waals surface area contributed by atoms with Crippen LogP contribution in [0, 0.1) is 0 Å². The lowest BCUT2D eigenvalue weighted by Gasteiger charge is -2.30. The Morgan fingerprint density at radius 2 is 1.88 bits per heavy atom. The molecule has 0 atom stereocenters. The Hall–Kier alpha value is -3.00. The zero-order valence-electron chi connectivity index (χ0n) is 13.8. The number of aliphatic hydroxyl groups is 1. The number of aliphatic hydroxyl groups excluding tert-OH is 1. The van der Waals surface area contributed by atoms with Gasteiger partial charge in [0.15, 0.2) is 17.3 Å². The molecule has 7 nitrogen and oxygen atoms in total. The molecule has 134 valence electrons. The van der Waals surface area contributed by atoms with Gasteiger partial charge >= 0.3 is 0 Å². The number of likely N-dealkylation sites (N-methyl/N-ethyl adjacent to an activating group) is 1. The summed E-state index contributed by atoms with van der Waals surface area (Å²) in [6.45, 7) is 1.68. The number of Topliss-reactive ketones (excluding diaryl/α,β-unsaturated/α-hetero) is 1. The van der Waals surface area contributed by atoms with Crippen LogP contribution >= 0.6 is 0 Å². The summed E-state index contributed by atoms with van der Waals surface area (Å²) < 4.78 is 37.2. The SMILES string of the molecule is CCN1C(=C(O)c2ccc3c(c2)OCO3)C(=O)c2ccccc2S1(=O)=O. The number of allylic oxidation sites excluding steroid dienone is 1. The Balaban J connectivity index is 1.94. The first-order valence-corrected chi connectivity index (χ1v) is 9.39. The average molecular weight is 373 g/mol. The van der Waals surface area contributed by atoms with Crippen molar-refractivity contribution < 1.29 is 27.8 Å². The smallest absolute Gasteiger partial charge is 0.265 e. The Kier molecular flexibility index (Phi) is 3.66. The van der Waals surface area contributed by atoms with Crippen LogP contribution in [0.4, 0.5) is 0 Å². The molecule has 2 aliphatic rings. The van der Waals surface area contributed by atoms with Crippen LogP contribution < -0.4 is 9.47 Å². The second kappa shape index (κ2) is 5.77. The molecule has 0 unspecified atom stereocenters. The van der Waals surface area contributed by atoms with Gasteiger partial charge in [0.05, 0.1) is 4.90 Å².